The summed E-state index contributed by atoms with van der Waals surface area (Å²) in [5.74, 6) is -3.62. The first-order valence-electron chi connectivity index (χ1n) is 7.69. The molecule has 0 aromatic carbocycles. The van der Waals surface area contributed by atoms with Crippen molar-refractivity contribution in [1.82, 2.24) is 16.0 Å². The summed E-state index contributed by atoms with van der Waals surface area (Å²) in [5.41, 5.74) is 5.68. The maximum Gasteiger partial charge on any atom is 0.322 e. The van der Waals surface area contributed by atoms with E-state index in [4.69, 9.17) is 15.9 Å². The first kappa shape index (κ1) is 22.8. The number of hydrogen-bond acceptors (Lipinski definition) is 7. The van der Waals surface area contributed by atoms with Gasteiger partial charge in [-0.05, 0) is 12.3 Å². The fourth-order valence-electron chi connectivity index (χ4n) is 1.84. The Hall–Kier alpha value is -2.24. The molecule has 144 valence electrons. The molecule has 0 aliphatic carbocycles. The molecule has 0 saturated carbocycles. The van der Waals surface area contributed by atoms with Gasteiger partial charge in [0.15, 0.2) is 0 Å². The van der Waals surface area contributed by atoms with E-state index in [1.807, 2.05) is 19.2 Å². The summed E-state index contributed by atoms with van der Waals surface area (Å²) in [6.07, 6.45) is 0.377. The highest BCUT2D eigenvalue weighted by Gasteiger charge is 2.27. The van der Waals surface area contributed by atoms with Crippen molar-refractivity contribution in [1.29, 1.82) is 0 Å². The SMILES string of the molecule is CC(C)C[C@H](N)C(=O)N[C@@H](CO)C(=O)N[C@@H](CO)C(=O)NCC(=O)O. The molecule has 0 rings (SSSR count). The zero-order valence-electron chi connectivity index (χ0n) is 14.2. The average Bonchev–Trinajstić information content (AvgIpc) is 2.53. The van der Waals surface area contributed by atoms with Crippen LogP contribution in [0, 0.1) is 5.92 Å². The van der Waals surface area contributed by atoms with Crippen LogP contribution in [0.25, 0.3) is 0 Å². The molecule has 0 bridgehead atoms. The molecule has 11 heteroatoms. The van der Waals surface area contributed by atoms with Crippen molar-refractivity contribution in [2.75, 3.05) is 19.8 Å². The Morgan fingerprint density at radius 1 is 0.920 bits per heavy atom. The monoisotopic (exact) mass is 362 g/mol. The van der Waals surface area contributed by atoms with E-state index in [1.54, 1.807) is 0 Å². The van der Waals surface area contributed by atoms with E-state index in [0.29, 0.717) is 6.42 Å². The molecule has 25 heavy (non-hydrogen) atoms. The van der Waals surface area contributed by atoms with E-state index in [0.717, 1.165) is 0 Å². The number of aliphatic hydroxyl groups is 2. The lowest BCUT2D eigenvalue weighted by atomic mass is 10.0. The molecule has 0 saturated heterocycles. The van der Waals surface area contributed by atoms with Crippen LogP contribution in [-0.4, -0.2) is 76.9 Å². The van der Waals surface area contributed by atoms with Crippen LogP contribution in [0.4, 0.5) is 0 Å². The lowest BCUT2D eigenvalue weighted by molar-refractivity contribution is -0.139. The number of carboxylic acid groups (broad SMARTS) is 1. The number of aliphatic carboxylic acids is 1. The highest BCUT2D eigenvalue weighted by molar-refractivity contribution is 5.93. The predicted octanol–water partition coefficient (Wildman–Crippen LogP) is -3.49. The van der Waals surface area contributed by atoms with Crippen LogP contribution in [0.2, 0.25) is 0 Å². The molecule has 3 atom stereocenters. The van der Waals surface area contributed by atoms with Crippen molar-refractivity contribution < 1.29 is 34.5 Å². The van der Waals surface area contributed by atoms with E-state index in [-0.39, 0.29) is 5.92 Å². The maximum absolute atomic E-state index is 12.0. The van der Waals surface area contributed by atoms with Crippen LogP contribution >= 0.6 is 0 Å². The number of carboxylic acids is 1. The smallest absolute Gasteiger partial charge is 0.322 e. The van der Waals surface area contributed by atoms with Crippen LogP contribution < -0.4 is 21.7 Å². The summed E-state index contributed by atoms with van der Waals surface area (Å²) in [6, 6.07) is -3.66. The van der Waals surface area contributed by atoms with Crippen LogP contribution in [0.15, 0.2) is 0 Å². The third kappa shape index (κ3) is 8.98. The van der Waals surface area contributed by atoms with E-state index in [1.165, 1.54) is 0 Å². The van der Waals surface area contributed by atoms with E-state index >= 15 is 0 Å². The number of nitrogens with one attached hydrogen (secondary N) is 3. The highest BCUT2D eigenvalue weighted by Crippen LogP contribution is 2.03. The number of rotatable bonds is 11. The largest absolute Gasteiger partial charge is 0.480 e. The Bertz CT molecular complexity index is 484. The van der Waals surface area contributed by atoms with Gasteiger partial charge in [0.2, 0.25) is 17.7 Å². The van der Waals surface area contributed by atoms with E-state index < -0.39 is 61.6 Å². The van der Waals surface area contributed by atoms with Gasteiger partial charge in [0.25, 0.3) is 0 Å². The maximum atomic E-state index is 12.0. The second kappa shape index (κ2) is 11.3. The minimum Gasteiger partial charge on any atom is -0.480 e. The number of hydrogen-bond donors (Lipinski definition) is 7. The topological polar surface area (TPSA) is 191 Å². The van der Waals surface area contributed by atoms with Crippen LogP contribution in [-0.2, 0) is 19.2 Å². The molecule has 0 aromatic rings. The van der Waals surface area contributed by atoms with Gasteiger partial charge in [0, 0.05) is 0 Å². The van der Waals surface area contributed by atoms with Gasteiger partial charge in [0.1, 0.15) is 18.6 Å². The number of amides is 3. The Morgan fingerprint density at radius 3 is 1.84 bits per heavy atom. The minimum atomic E-state index is -1.43. The number of carbonyl (C=O) groups is 4. The van der Waals surface area contributed by atoms with Crippen molar-refractivity contribution >= 4 is 23.7 Å². The van der Waals surface area contributed by atoms with Crippen molar-refractivity contribution in [3.63, 3.8) is 0 Å². The van der Waals surface area contributed by atoms with Crippen molar-refractivity contribution in [3.8, 4) is 0 Å². The Labute approximate surface area is 145 Å². The zero-order chi connectivity index (χ0) is 19.6. The highest BCUT2D eigenvalue weighted by atomic mass is 16.4. The van der Waals surface area contributed by atoms with Crippen molar-refractivity contribution in [2.45, 2.75) is 38.4 Å². The molecule has 0 aliphatic heterocycles. The summed E-state index contributed by atoms with van der Waals surface area (Å²) >= 11 is 0. The van der Waals surface area contributed by atoms with Gasteiger partial charge in [0.05, 0.1) is 19.3 Å². The molecule has 0 radical (unpaired) electrons. The lowest BCUT2D eigenvalue weighted by Gasteiger charge is -2.22. The Kier molecular flexibility index (Phi) is 10.3. The number of nitrogens with two attached hydrogens (primary N) is 1. The van der Waals surface area contributed by atoms with Gasteiger partial charge in [-0.2, -0.15) is 0 Å². The van der Waals surface area contributed by atoms with Crippen LogP contribution in [0.1, 0.15) is 20.3 Å². The quantitative estimate of drug-likeness (QED) is 0.197. The standard InChI is InChI=1S/C14H26N4O7/c1-7(2)3-8(15)12(23)17-10(6-20)14(25)18-9(5-19)13(24)16-4-11(21)22/h7-10,19-20H,3-6,15H2,1-2H3,(H,16,24)(H,17,23)(H,18,25)(H,21,22)/t8-,9-,10-/m0/s1. The number of carbonyl (C=O) groups excluding carboxylic acids is 3. The fraction of sp³-hybridized carbons (Fsp3) is 0.714. The van der Waals surface area contributed by atoms with Gasteiger partial charge in [-0.3, -0.25) is 19.2 Å². The van der Waals surface area contributed by atoms with Gasteiger partial charge >= 0.3 is 5.97 Å². The van der Waals surface area contributed by atoms with E-state index in [9.17, 15) is 24.3 Å². The summed E-state index contributed by atoms with van der Waals surface area (Å²) in [6.45, 7) is 1.50. The van der Waals surface area contributed by atoms with Gasteiger partial charge in [-0.1, -0.05) is 13.8 Å². The summed E-state index contributed by atoms with van der Waals surface area (Å²) in [7, 11) is 0. The molecular weight excluding hydrogens is 336 g/mol. The van der Waals surface area contributed by atoms with Crippen LogP contribution in [0.5, 0.6) is 0 Å². The van der Waals surface area contributed by atoms with E-state index in [2.05, 4.69) is 10.6 Å². The van der Waals surface area contributed by atoms with Crippen LogP contribution in [0.3, 0.4) is 0 Å². The zero-order valence-corrected chi connectivity index (χ0v) is 14.2. The molecule has 3 amide bonds. The van der Waals surface area contributed by atoms with Gasteiger partial charge < -0.3 is 37.0 Å². The second-order valence-electron chi connectivity index (χ2n) is 5.84. The Morgan fingerprint density at radius 2 is 1.40 bits per heavy atom. The molecule has 0 aromatic heterocycles. The average molecular weight is 362 g/mol. The third-order valence-corrected chi connectivity index (χ3v) is 3.11. The predicted molar refractivity (Wildman–Crippen MR) is 86.1 cm³/mol. The summed E-state index contributed by atoms with van der Waals surface area (Å²) in [4.78, 5) is 46.0. The fourth-order valence-corrected chi connectivity index (χ4v) is 1.84. The molecule has 0 heterocycles. The first-order chi connectivity index (χ1) is 11.6. The Balaban J connectivity index is 4.71. The lowest BCUT2D eigenvalue weighted by Crippen LogP contribution is -2.58. The number of aliphatic hydroxyl groups excluding tert-OH is 2. The summed E-state index contributed by atoms with van der Waals surface area (Å²) in [5, 5.41) is 33.2. The second-order valence-corrected chi connectivity index (χ2v) is 5.84. The molecule has 0 fully saturated rings. The third-order valence-electron chi connectivity index (χ3n) is 3.11. The molecule has 8 N–H and O–H groups in total. The van der Waals surface area contributed by atoms with Gasteiger partial charge in [-0.25, -0.2) is 0 Å². The molecule has 0 aliphatic rings. The normalized spacial score (nSPS) is 14.3. The van der Waals surface area contributed by atoms with Crippen molar-refractivity contribution in [2.24, 2.45) is 11.7 Å². The summed E-state index contributed by atoms with van der Waals surface area (Å²) < 4.78 is 0. The van der Waals surface area contributed by atoms with Crippen molar-refractivity contribution in [3.05, 3.63) is 0 Å². The molecule has 11 nitrogen and oxygen atoms in total. The van der Waals surface area contributed by atoms with Gasteiger partial charge in [-0.15, -0.1) is 0 Å². The molecule has 0 unspecified atom stereocenters. The molecular formula is C14H26N4O7. The molecule has 0 spiro atoms. The minimum absolute atomic E-state index is 0.152. The first-order valence-corrected chi connectivity index (χ1v) is 7.69.